The van der Waals surface area contributed by atoms with Gasteiger partial charge in [0.15, 0.2) is 5.96 Å². The van der Waals surface area contributed by atoms with Gasteiger partial charge in [-0.25, -0.2) is 4.98 Å². The minimum absolute atomic E-state index is 0.429. The lowest BCUT2D eigenvalue weighted by Crippen LogP contribution is -2.41. The number of hydrogen-bond acceptors (Lipinski definition) is 3. The molecule has 1 heterocycles. The Bertz CT molecular complexity index is 384. The first-order valence-corrected chi connectivity index (χ1v) is 7.36. The molecule has 1 atom stereocenters. The van der Waals surface area contributed by atoms with E-state index in [1.165, 1.54) is 5.01 Å². The summed E-state index contributed by atoms with van der Waals surface area (Å²) in [5.74, 6) is 1.34. The van der Waals surface area contributed by atoms with Gasteiger partial charge >= 0.3 is 0 Å². The van der Waals surface area contributed by atoms with Crippen molar-refractivity contribution in [1.82, 2.24) is 15.6 Å². The normalized spacial score (nSPS) is 13.8. The number of thiazole rings is 1. The summed E-state index contributed by atoms with van der Waals surface area (Å²) in [6, 6.07) is 0.429. The molecule has 0 aromatic carbocycles. The first kappa shape index (κ1) is 15.0. The molecule has 0 fully saturated rings. The first-order valence-electron chi connectivity index (χ1n) is 6.48. The second-order valence-electron chi connectivity index (χ2n) is 4.71. The first-order chi connectivity index (χ1) is 8.56. The number of aliphatic imine (C=N–C) groups is 1. The lowest BCUT2D eigenvalue weighted by atomic mass is 10.2. The molecule has 0 aliphatic heterocycles. The maximum atomic E-state index is 4.59. The van der Waals surface area contributed by atoms with Crippen LogP contribution in [0.25, 0.3) is 0 Å². The van der Waals surface area contributed by atoms with Crippen molar-refractivity contribution >= 4 is 17.3 Å². The van der Waals surface area contributed by atoms with Gasteiger partial charge in [0.05, 0.1) is 17.2 Å². The Morgan fingerprint density at radius 3 is 2.67 bits per heavy atom. The van der Waals surface area contributed by atoms with E-state index in [-0.39, 0.29) is 0 Å². The fraction of sp³-hybridized carbons (Fsp3) is 0.692. The second kappa shape index (κ2) is 7.36. The number of guanidine groups is 1. The van der Waals surface area contributed by atoms with Crippen LogP contribution < -0.4 is 10.6 Å². The van der Waals surface area contributed by atoms with Crippen LogP contribution in [-0.2, 0) is 6.54 Å². The van der Waals surface area contributed by atoms with Gasteiger partial charge in [-0.15, -0.1) is 11.3 Å². The SMILES string of the molecule is CCC(C)NC(=NC)NCc1csc(C(C)C)n1. The van der Waals surface area contributed by atoms with Crippen LogP contribution >= 0.6 is 11.3 Å². The fourth-order valence-corrected chi connectivity index (χ4v) is 2.21. The zero-order valence-corrected chi connectivity index (χ0v) is 12.8. The molecule has 18 heavy (non-hydrogen) atoms. The topological polar surface area (TPSA) is 49.3 Å². The lowest BCUT2D eigenvalue weighted by Gasteiger charge is -2.15. The summed E-state index contributed by atoms with van der Waals surface area (Å²) in [4.78, 5) is 8.79. The molecule has 0 saturated heterocycles. The van der Waals surface area contributed by atoms with E-state index in [0.29, 0.717) is 12.0 Å². The van der Waals surface area contributed by atoms with E-state index in [1.807, 2.05) is 0 Å². The zero-order valence-electron chi connectivity index (χ0n) is 11.9. The molecule has 0 aliphatic rings. The molecule has 5 heteroatoms. The minimum Gasteiger partial charge on any atom is -0.354 e. The predicted molar refractivity (Wildman–Crippen MR) is 79.3 cm³/mol. The Kier molecular flexibility index (Phi) is 6.12. The molecule has 0 amide bonds. The Morgan fingerprint density at radius 1 is 1.44 bits per heavy atom. The highest BCUT2D eigenvalue weighted by Gasteiger charge is 2.07. The molecule has 0 radical (unpaired) electrons. The van der Waals surface area contributed by atoms with Crippen molar-refractivity contribution in [2.24, 2.45) is 4.99 Å². The molecule has 102 valence electrons. The molecule has 1 aromatic rings. The third kappa shape index (κ3) is 4.64. The molecule has 0 saturated carbocycles. The van der Waals surface area contributed by atoms with E-state index >= 15 is 0 Å². The number of nitrogens with zero attached hydrogens (tertiary/aromatic N) is 2. The van der Waals surface area contributed by atoms with Crippen molar-refractivity contribution in [3.8, 4) is 0 Å². The van der Waals surface area contributed by atoms with E-state index in [2.05, 4.69) is 53.7 Å². The van der Waals surface area contributed by atoms with E-state index in [0.717, 1.165) is 24.6 Å². The fourth-order valence-electron chi connectivity index (χ4n) is 1.37. The zero-order chi connectivity index (χ0) is 13.5. The van der Waals surface area contributed by atoms with Crippen LogP contribution in [0.2, 0.25) is 0 Å². The molecule has 0 aliphatic carbocycles. The summed E-state index contributed by atoms with van der Waals surface area (Å²) in [6.07, 6.45) is 1.08. The minimum atomic E-state index is 0.429. The van der Waals surface area contributed by atoms with Gasteiger partial charge in [-0.05, 0) is 13.3 Å². The number of aromatic nitrogens is 1. The monoisotopic (exact) mass is 268 g/mol. The van der Waals surface area contributed by atoms with Gasteiger partial charge in [-0.2, -0.15) is 0 Å². The lowest BCUT2D eigenvalue weighted by molar-refractivity contribution is 0.623. The molecule has 0 bridgehead atoms. The Morgan fingerprint density at radius 2 is 2.17 bits per heavy atom. The quantitative estimate of drug-likeness (QED) is 0.637. The number of hydrogen-bond donors (Lipinski definition) is 2. The van der Waals surface area contributed by atoms with Crippen LogP contribution in [0.3, 0.4) is 0 Å². The molecule has 1 unspecified atom stereocenters. The summed E-state index contributed by atoms with van der Waals surface area (Å²) in [6.45, 7) is 9.35. The maximum absolute atomic E-state index is 4.59. The van der Waals surface area contributed by atoms with Crippen LogP contribution in [0.1, 0.15) is 50.7 Å². The highest BCUT2D eigenvalue weighted by Crippen LogP contribution is 2.18. The number of rotatable bonds is 5. The molecular weight excluding hydrogens is 244 g/mol. The predicted octanol–water partition coefficient (Wildman–Crippen LogP) is 2.73. The molecule has 4 nitrogen and oxygen atoms in total. The third-order valence-corrected chi connectivity index (χ3v) is 3.91. The summed E-state index contributed by atoms with van der Waals surface area (Å²) in [5, 5.41) is 9.92. The van der Waals surface area contributed by atoms with Crippen LogP contribution in [0.15, 0.2) is 10.4 Å². The standard InChI is InChI=1S/C13H24N4S/c1-6-10(4)16-13(14-5)15-7-11-8-18-12(17-11)9(2)3/h8-10H,6-7H2,1-5H3,(H2,14,15,16). The largest absolute Gasteiger partial charge is 0.354 e. The Balaban J connectivity index is 2.47. The van der Waals surface area contributed by atoms with Gasteiger partial charge in [-0.1, -0.05) is 20.8 Å². The molecular formula is C13H24N4S. The summed E-state index contributed by atoms with van der Waals surface area (Å²) in [7, 11) is 1.79. The summed E-state index contributed by atoms with van der Waals surface area (Å²) in [5.41, 5.74) is 1.08. The average Bonchev–Trinajstić information content (AvgIpc) is 2.83. The van der Waals surface area contributed by atoms with Crippen LogP contribution in [0, 0.1) is 0 Å². The average molecular weight is 268 g/mol. The number of nitrogens with one attached hydrogen (secondary N) is 2. The summed E-state index contributed by atoms with van der Waals surface area (Å²) < 4.78 is 0. The van der Waals surface area contributed by atoms with Crippen molar-refractivity contribution in [2.45, 2.75) is 52.6 Å². The molecule has 2 N–H and O–H groups in total. The van der Waals surface area contributed by atoms with Gasteiger partial charge in [0.1, 0.15) is 0 Å². The molecule has 0 spiro atoms. The summed E-state index contributed by atoms with van der Waals surface area (Å²) >= 11 is 1.72. The van der Waals surface area contributed by atoms with Crippen molar-refractivity contribution in [1.29, 1.82) is 0 Å². The smallest absolute Gasteiger partial charge is 0.191 e. The van der Waals surface area contributed by atoms with Crippen LogP contribution in [0.4, 0.5) is 0 Å². The van der Waals surface area contributed by atoms with E-state index in [9.17, 15) is 0 Å². The van der Waals surface area contributed by atoms with Gasteiger partial charge in [0, 0.05) is 24.4 Å². The van der Waals surface area contributed by atoms with Gasteiger partial charge in [-0.3, -0.25) is 4.99 Å². The molecule has 1 rings (SSSR count). The highest BCUT2D eigenvalue weighted by molar-refractivity contribution is 7.09. The van der Waals surface area contributed by atoms with Gasteiger partial charge in [0.2, 0.25) is 0 Å². The maximum Gasteiger partial charge on any atom is 0.191 e. The van der Waals surface area contributed by atoms with Crippen molar-refractivity contribution in [3.05, 3.63) is 16.1 Å². The molecule has 1 aromatic heterocycles. The second-order valence-corrected chi connectivity index (χ2v) is 5.60. The van der Waals surface area contributed by atoms with E-state index in [4.69, 9.17) is 0 Å². The van der Waals surface area contributed by atoms with E-state index < -0.39 is 0 Å². The Labute approximate surface area is 114 Å². The third-order valence-electron chi connectivity index (χ3n) is 2.72. The Hall–Kier alpha value is -1.10. The van der Waals surface area contributed by atoms with Gasteiger partial charge < -0.3 is 10.6 Å². The van der Waals surface area contributed by atoms with Crippen molar-refractivity contribution < 1.29 is 0 Å². The van der Waals surface area contributed by atoms with Crippen LogP contribution in [-0.4, -0.2) is 24.0 Å². The van der Waals surface area contributed by atoms with Crippen LogP contribution in [0.5, 0.6) is 0 Å². The highest BCUT2D eigenvalue weighted by atomic mass is 32.1. The van der Waals surface area contributed by atoms with Crippen molar-refractivity contribution in [3.63, 3.8) is 0 Å². The van der Waals surface area contributed by atoms with Crippen molar-refractivity contribution in [2.75, 3.05) is 7.05 Å². The van der Waals surface area contributed by atoms with Gasteiger partial charge in [0.25, 0.3) is 0 Å². The van der Waals surface area contributed by atoms with E-state index in [1.54, 1.807) is 18.4 Å².